The number of carbonyl (C=O) groups excluding carboxylic acids is 1. The van der Waals surface area contributed by atoms with Gasteiger partial charge in [0.05, 0.1) is 28.3 Å². The Balaban J connectivity index is 1.35. The molecule has 6 nitrogen and oxygen atoms in total. The number of rotatable bonds is 4. The zero-order chi connectivity index (χ0) is 18.8. The fourth-order valence-corrected chi connectivity index (χ4v) is 4.57. The van der Waals surface area contributed by atoms with Crippen LogP contribution in [0.1, 0.15) is 42.3 Å². The fraction of sp³-hybridized carbons (Fsp3) is 0.450. The number of likely N-dealkylation sites (tertiary alicyclic amines) is 1. The molecule has 2 aromatic heterocycles. The number of aromatic nitrogens is 3. The van der Waals surface area contributed by atoms with Crippen molar-refractivity contribution < 1.29 is 4.79 Å². The van der Waals surface area contributed by atoms with E-state index in [2.05, 4.69) is 51.9 Å². The van der Waals surface area contributed by atoms with Crippen LogP contribution in [0.4, 0.5) is 4.79 Å². The maximum absolute atomic E-state index is 12.5. The smallest absolute Gasteiger partial charge is 0.317 e. The van der Waals surface area contributed by atoms with E-state index in [9.17, 15) is 4.79 Å². The number of carbonyl (C=O) groups is 1. The van der Waals surface area contributed by atoms with Crippen molar-refractivity contribution in [2.75, 3.05) is 13.1 Å². The van der Waals surface area contributed by atoms with Crippen LogP contribution in [0, 0.1) is 6.92 Å². The van der Waals surface area contributed by atoms with Gasteiger partial charge in [-0.1, -0.05) is 19.1 Å². The highest BCUT2D eigenvalue weighted by Crippen LogP contribution is 2.28. The Morgan fingerprint density at radius 3 is 2.78 bits per heavy atom. The van der Waals surface area contributed by atoms with Gasteiger partial charge in [0.2, 0.25) is 0 Å². The molecule has 27 heavy (non-hydrogen) atoms. The van der Waals surface area contributed by atoms with E-state index >= 15 is 0 Å². The van der Waals surface area contributed by atoms with Crippen LogP contribution in [-0.2, 0) is 13.0 Å². The second kappa shape index (κ2) is 7.68. The molecule has 2 amide bonds. The average Bonchev–Trinajstić information content (AvgIpc) is 3.29. The predicted molar refractivity (Wildman–Crippen MR) is 108 cm³/mol. The number of fused-ring (bicyclic) bond motifs is 1. The van der Waals surface area contributed by atoms with Crippen molar-refractivity contribution in [2.24, 2.45) is 0 Å². The fourth-order valence-electron chi connectivity index (χ4n) is 3.82. The third-order valence-electron chi connectivity index (χ3n) is 5.21. The van der Waals surface area contributed by atoms with Gasteiger partial charge in [-0.25, -0.2) is 14.8 Å². The molecule has 1 N–H and O–H groups in total. The molecular weight excluding hydrogens is 358 g/mol. The van der Waals surface area contributed by atoms with Gasteiger partial charge in [-0.3, -0.25) is 0 Å². The first-order valence-electron chi connectivity index (χ1n) is 9.55. The van der Waals surface area contributed by atoms with E-state index < -0.39 is 0 Å². The van der Waals surface area contributed by atoms with Crippen LogP contribution in [0.3, 0.4) is 0 Å². The standard InChI is InChI=1S/C20H25N5OS/c1-3-19-23-15(13-27-19)12-21-20(26)24-10-8-16(9-11-24)25-14(2)22-17-6-4-5-7-18(17)25/h4-7,13,16H,3,8-12H2,1-2H3,(H,21,26). The van der Waals surface area contributed by atoms with E-state index in [-0.39, 0.29) is 6.03 Å². The van der Waals surface area contributed by atoms with E-state index in [4.69, 9.17) is 0 Å². The van der Waals surface area contributed by atoms with Gasteiger partial charge >= 0.3 is 6.03 Å². The van der Waals surface area contributed by atoms with Gasteiger partial charge in [-0.15, -0.1) is 11.3 Å². The molecule has 0 radical (unpaired) electrons. The van der Waals surface area contributed by atoms with Crippen LogP contribution < -0.4 is 5.32 Å². The molecule has 0 atom stereocenters. The van der Waals surface area contributed by atoms with Crippen molar-refractivity contribution in [3.05, 3.63) is 46.2 Å². The Morgan fingerprint density at radius 1 is 1.26 bits per heavy atom. The number of hydrogen-bond donors (Lipinski definition) is 1. The number of urea groups is 1. The van der Waals surface area contributed by atoms with Gasteiger partial charge in [0.25, 0.3) is 0 Å². The quantitative estimate of drug-likeness (QED) is 0.743. The molecule has 3 aromatic rings. The van der Waals surface area contributed by atoms with Crippen LogP contribution in [-0.4, -0.2) is 38.6 Å². The third kappa shape index (κ3) is 3.69. The number of thiazole rings is 1. The van der Waals surface area contributed by atoms with E-state index in [1.165, 1.54) is 5.52 Å². The predicted octanol–water partition coefficient (Wildman–Crippen LogP) is 3.91. The Bertz CT molecular complexity index is 939. The molecule has 0 saturated carbocycles. The number of benzene rings is 1. The summed E-state index contributed by atoms with van der Waals surface area (Å²) in [5, 5.41) is 6.15. The maximum Gasteiger partial charge on any atom is 0.317 e. The number of nitrogens with zero attached hydrogens (tertiary/aromatic N) is 4. The second-order valence-electron chi connectivity index (χ2n) is 6.98. The van der Waals surface area contributed by atoms with Gasteiger partial charge in [-0.05, 0) is 38.3 Å². The summed E-state index contributed by atoms with van der Waals surface area (Å²) in [5.41, 5.74) is 3.18. The van der Waals surface area contributed by atoms with Crippen molar-refractivity contribution in [3.8, 4) is 0 Å². The highest BCUT2D eigenvalue weighted by atomic mass is 32.1. The SMILES string of the molecule is CCc1nc(CNC(=O)N2CCC(n3c(C)nc4ccccc43)CC2)cs1. The van der Waals surface area contributed by atoms with Crippen molar-refractivity contribution in [1.82, 2.24) is 24.8 Å². The van der Waals surface area contributed by atoms with E-state index in [1.807, 2.05) is 16.3 Å². The lowest BCUT2D eigenvalue weighted by Gasteiger charge is -2.33. The van der Waals surface area contributed by atoms with Gasteiger partial charge < -0.3 is 14.8 Å². The molecule has 3 heterocycles. The highest BCUT2D eigenvalue weighted by Gasteiger charge is 2.25. The summed E-state index contributed by atoms with van der Waals surface area (Å²) in [5.74, 6) is 1.05. The minimum Gasteiger partial charge on any atom is -0.332 e. The molecule has 4 rings (SSSR count). The molecule has 142 valence electrons. The van der Waals surface area contributed by atoms with Crippen LogP contribution in [0.25, 0.3) is 11.0 Å². The van der Waals surface area contributed by atoms with Crippen molar-refractivity contribution in [1.29, 1.82) is 0 Å². The third-order valence-corrected chi connectivity index (χ3v) is 6.25. The van der Waals surface area contributed by atoms with Crippen molar-refractivity contribution >= 4 is 28.4 Å². The molecule has 1 aliphatic rings. The highest BCUT2D eigenvalue weighted by molar-refractivity contribution is 7.09. The minimum absolute atomic E-state index is 0.00621. The Hall–Kier alpha value is -2.41. The molecule has 1 saturated heterocycles. The minimum atomic E-state index is 0.00621. The van der Waals surface area contributed by atoms with E-state index in [0.717, 1.165) is 54.4 Å². The maximum atomic E-state index is 12.5. The summed E-state index contributed by atoms with van der Waals surface area (Å²) in [7, 11) is 0. The largest absolute Gasteiger partial charge is 0.332 e. The number of piperidine rings is 1. The van der Waals surface area contributed by atoms with Crippen LogP contribution >= 0.6 is 11.3 Å². The lowest BCUT2D eigenvalue weighted by atomic mass is 10.0. The summed E-state index contributed by atoms with van der Waals surface area (Å²) in [6.45, 7) is 6.19. The molecule has 0 aliphatic carbocycles. The molecule has 7 heteroatoms. The van der Waals surface area contributed by atoms with Crippen LogP contribution in [0.5, 0.6) is 0 Å². The van der Waals surface area contributed by atoms with E-state index in [0.29, 0.717) is 12.6 Å². The lowest BCUT2D eigenvalue weighted by Crippen LogP contribution is -2.44. The Kier molecular flexibility index (Phi) is 5.11. The summed E-state index contributed by atoms with van der Waals surface area (Å²) in [4.78, 5) is 23.6. The van der Waals surface area contributed by atoms with Gasteiger partial charge in [0.15, 0.2) is 0 Å². The first kappa shape index (κ1) is 18.0. The molecule has 1 fully saturated rings. The summed E-state index contributed by atoms with van der Waals surface area (Å²) in [6.07, 6.45) is 2.84. The van der Waals surface area contributed by atoms with Crippen molar-refractivity contribution in [3.63, 3.8) is 0 Å². The number of hydrogen-bond acceptors (Lipinski definition) is 4. The monoisotopic (exact) mass is 383 g/mol. The Morgan fingerprint density at radius 2 is 2.04 bits per heavy atom. The lowest BCUT2D eigenvalue weighted by molar-refractivity contribution is 0.171. The number of nitrogens with one attached hydrogen (secondary N) is 1. The van der Waals surface area contributed by atoms with Gasteiger partial charge in [-0.2, -0.15) is 0 Å². The number of amides is 2. The summed E-state index contributed by atoms with van der Waals surface area (Å²) < 4.78 is 2.34. The molecular formula is C20H25N5OS. The van der Waals surface area contributed by atoms with E-state index in [1.54, 1.807) is 11.3 Å². The van der Waals surface area contributed by atoms with Crippen LogP contribution in [0.2, 0.25) is 0 Å². The molecule has 1 aromatic carbocycles. The molecule has 0 unspecified atom stereocenters. The first-order chi connectivity index (χ1) is 13.2. The number of para-hydroxylation sites is 2. The average molecular weight is 384 g/mol. The normalized spacial score (nSPS) is 15.4. The molecule has 0 bridgehead atoms. The Labute approximate surface area is 163 Å². The number of imidazole rings is 1. The van der Waals surface area contributed by atoms with Gasteiger partial charge in [0.1, 0.15) is 5.82 Å². The van der Waals surface area contributed by atoms with Gasteiger partial charge in [0, 0.05) is 24.5 Å². The molecule has 1 aliphatic heterocycles. The summed E-state index contributed by atoms with van der Waals surface area (Å²) in [6, 6.07) is 8.68. The number of aryl methyl sites for hydroxylation is 2. The summed E-state index contributed by atoms with van der Waals surface area (Å²) >= 11 is 1.65. The second-order valence-corrected chi connectivity index (χ2v) is 7.92. The molecule has 0 spiro atoms. The zero-order valence-corrected chi connectivity index (χ0v) is 16.6. The first-order valence-corrected chi connectivity index (χ1v) is 10.4. The zero-order valence-electron chi connectivity index (χ0n) is 15.8. The topological polar surface area (TPSA) is 63.1 Å². The van der Waals surface area contributed by atoms with Crippen LogP contribution in [0.15, 0.2) is 29.6 Å². The van der Waals surface area contributed by atoms with Crippen molar-refractivity contribution in [2.45, 2.75) is 45.7 Å².